The minimum Gasteiger partial charge on any atom is -0.352 e. The summed E-state index contributed by atoms with van der Waals surface area (Å²) >= 11 is 0. The number of benzene rings is 4. The predicted octanol–water partition coefficient (Wildman–Crippen LogP) is 3.42. The van der Waals surface area contributed by atoms with E-state index in [-0.39, 0.29) is 41.6 Å². The van der Waals surface area contributed by atoms with Crippen molar-refractivity contribution in [3.05, 3.63) is 143 Å². The molecule has 2 N–H and O–H groups in total. The van der Waals surface area contributed by atoms with Crippen LogP contribution in [0.3, 0.4) is 0 Å². The summed E-state index contributed by atoms with van der Waals surface area (Å²) in [5, 5.41) is 5.64. The van der Waals surface area contributed by atoms with Crippen LogP contribution in [0.5, 0.6) is 0 Å². The maximum absolute atomic E-state index is 13.8. The molecule has 236 valence electrons. The highest BCUT2D eigenvalue weighted by atomic mass is 16.2. The minimum absolute atomic E-state index is 0.0425. The van der Waals surface area contributed by atoms with Gasteiger partial charge < -0.3 is 10.6 Å². The zero-order valence-electron chi connectivity index (χ0n) is 25.6. The summed E-state index contributed by atoms with van der Waals surface area (Å²) in [5.74, 6) is -3.32. The van der Waals surface area contributed by atoms with Crippen molar-refractivity contribution in [1.82, 2.24) is 20.4 Å². The number of nitrogens with zero attached hydrogens (tertiary/aromatic N) is 2. The van der Waals surface area contributed by atoms with E-state index in [0.29, 0.717) is 0 Å². The van der Waals surface area contributed by atoms with E-state index < -0.39 is 53.6 Å². The number of imide groups is 2. The zero-order chi connectivity index (χ0) is 33.1. The van der Waals surface area contributed by atoms with E-state index in [1.165, 1.54) is 0 Å². The van der Waals surface area contributed by atoms with Gasteiger partial charge in [-0.15, -0.1) is 0 Å². The molecule has 0 bridgehead atoms. The van der Waals surface area contributed by atoms with E-state index in [2.05, 4.69) is 10.6 Å². The minimum atomic E-state index is -1.15. The van der Waals surface area contributed by atoms with Gasteiger partial charge in [0.25, 0.3) is 23.6 Å². The second kappa shape index (κ2) is 13.2. The highest BCUT2D eigenvalue weighted by molar-refractivity contribution is 6.23. The molecule has 4 aromatic rings. The van der Waals surface area contributed by atoms with Crippen LogP contribution in [0.2, 0.25) is 0 Å². The summed E-state index contributed by atoms with van der Waals surface area (Å²) in [4.78, 5) is 82.8. The van der Waals surface area contributed by atoms with Crippen LogP contribution in [0, 0.1) is 0 Å². The lowest BCUT2D eigenvalue weighted by Crippen LogP contribution is -2.55. The molecule has 2 heterocycles. The third-order valence-electron chi connectivity index (χ3n) is 8.39. The molecule has 0 aliphatic carbocycles. The van der Waals surface area contributed by atoms with Gasteiger partial charge in [0.05, 0.1) is 22.3 Å². The average Bonchev–Trinajstić information content (AvgIpc) is 3.50. The maximum Gasteiger partial charge on any atom is 0.262 e. The maximum atomic E-state index is 13.8. The van der Waals surface area contributed by atoms with Gasteiger partial charge in [-0.1, -0.05) is 84.9 Å². The smallest absolute Gasteiger partial charge is 0.262 e. The third-order valence-corrected chi connectivity index (χ3v) is 8.39. The third kappa shape index (κ3) is 6.17. The Morgan fingerprint density at radius 3 is 1.26 bits per heavy atom. The molecule has 10 heteroatoms. The van der Waals surface area contributed by atoms with E-state index in [4.69, 9.17) is 0 Å². The Labute approximate surface area is 271 Å². The zero-order valence-corrected chi connectivity index (χ0v) is 25.6. The number of rotatable bonds is 11. The first-order valence-electron chi connectivity index (χ1n) is 15.3. The molecule has 4 aromatic carbocycles. The van der Waals surface area contributed by atoms with E-state index in [0.717, 1.165) is 20.9 Å². The van der Waals surface area contributed by atoms with Gasteiger partial charge in [0.1, 0.15) is 12.1 Å². The first-order valence-corrected chi connectivity index (χ1v) is 15.3. The van der Waals surface area contributed by atoms with Gasteiger partial charge in [0, 0.05) is 25.4 Å². The lowest BCUT2D eigenvalue weighted by Gasteiger charge is -2.28. The summed E-state index contributed by atoms with van der Waals surface area (Å²) in [6, 6.07) is 28.1. The Kier molecular flexibility index (Phi) is 8.75. The molecule has 0 radical (unpaired) electrons. The van der Waals surface area contributed by atoms with Crippen molar-refractivity contribution in [1.29, 1.82) is 0 Å². The molecule has 0 unspecified atom stereocenters. The second-order valence-electron chi connectivity index (χ2n) is 11.6. The molecular formula is C37H32N4O6. The molecule has 10 nitrogen and oxygen atoms in total. The van der Waals surface area contributed by atoms with E-state index in [1.807, 2.05) is 60.7 Å². The standard InChI is InChI=1S/C37H32N4O6/c1-23(39-33(43)31(21-25-14-6-3-7-15-25)41-36(46)28-18-10-11-19-29(28)37(41)47)22-38-32(42)30(20-24-12-4-2-5-13-24)40-34(44)26-16-8-9-17-27(26)35(40)45/h2-19,23,30-31H,20-22H2,1H3,(H,38,42)(H,39,43)/t23-,30-,31+/m0/s1. The summed E-state index contributed by atoms with van der Waals surface area (Å²) in [5.41, 5.74) is 2.47. The summed E-state index contributed by atoms with van der Waals surface area (Å²) < 4.78 is 0. The number of hydrogen-bond donors (Lipinski definition) is 2. The fourth-order valence-electron chi connectivity index (χ4n) is 6.02. The molecule has 2 aliphatic rings. The van der Waals surface area contributed by atoms with Gasteiger partial charge in [0.15, 0.2) is 0 Å². The first-order chi connectivity index (χ1) is 22.7. The number of carbonyl (C=O) groups is 6. The van der Waals surface area contributed by atoms with Crippen molar-refractivity contribution in [2.45, 2.75) is 37.9 Å². The second-order valence-corrected chi connectivity index (χ2v) is 11.6. The van der Waals surface area contributed by atoms with Crippen LogP contribution >= 0.6 is 0 Å². The van der Waals surface area contributed by atoms with Crippen LogP contribution in [0.1, 0.15) is 59.5 Å². The molecule has 6 amide bonds. The van der Waals surface area contributed by atoms with E-state index in [1.54, 1.807) is 55.5 Å². The van der Waals surface area contributed by atoms with Crippen LogP contribution in [0.25, 0.3) is 0 Å². The fourth-order valence-corrected chi connectivity index (χ4v) is 6.02. The van der Waals surface area contributed by atoms with Gasteiger partial charge >= 0.3 is 0 Å². The monoisotopic (exact) mass is 628 g/mol. The Balaban J connectivity index is 1.18. The number of nitrogens with one attached hydrogen (secondary N) is 2. The number of fused-ring (bicyclic) bond motifs is 2. The largest absolute Gasteiger partial charge is 0.352 e. The molecule has 0 saturated heterocycles. The Bertz CT molecular complexity index is 1810. The van der Waals surface area contributed by atoms with Crippen molar-refractivity contribution in [2.24, 2.45) is 0 Å². The van der Waals surface area contributed by atoms with Crippen molar-refractivity contribution >= 4 is 35.4 Å². The van der Waals surface area contributed by atoms with Crippen LogP contribution in [-0.2, 0) is 22.4 Å². The Hall–Kier alpha value is -5.90. The lowest BCUT2D eigenvalue weighted by molar-refractivity contribution is -0.127. The number of amides is 6. The molecule has 0 fully saturated rings. The predicted molar refractivity (Wildman–Crippen MR) is 172 cm³/mol. The average molecular weight is 629 g/mol. The Morgan fingerprint density at radius 2 is 0.872 bits per heavy atom. The molecule has 0 aromatic heterocycles. The molecule has 2 aliphatic heterocycles. The van der Waals surface area contributed by atoms with Crippen molar-refractivity contribution in [3.63, 3.8) is 0 Å². The number of carbonyl (C=O) groups excluding carboxylic acids is 6. The lowest BCUT2D eigenvalue weighted by atomic mass is 10.0. The highest BCUT2D eigenvalue weighted by Crippen LogP contribution is 2.27. The van der Waals surface area contributed by atoms with Crippen LogP contribution < -0.4 is 10.6 Å². The van der Waals surface area contributed by atoms with Crippen molar-refractivity contribution in [2.75, 3.05) is 6.54 Å². The van der Waals surface area contributed by atoms with Crippen molar-refractivity contribution < 1.29 is 28.8 Å². The van der Waals surface area contributed by atoms with Crippen molar-refractivity contribution in [3.8, 4) is 0 Å². The molecule has 47 heavy (non-hydrogen) atoms. The van der Waals surface area contributed by atoms with Crippen LogP contribution in [0.15, 0.2) is 109 Å². The van der Waals surface area contributed by atoms with Gasteiger partial charge in [-0.25, -0.2) is 0 Å². The fraction of sp³-hybridized carbons (Fsp3) is 0.189. The molecule has 0 spiro atoms. The molecule has 6 rings (SSSR count). The summed E-state index contributed by atoms with van der Waals surface area (Å²) in [6.45, 7) is 1.63. The highest BCUT2D eigenvalue weighted by Gasteiger charge is 2.44. The van der Waals surface area contributed by atoms with Crippen LogP contribution in [0.4, 0.5) is 0 Å². The topological polar surface area (TPSA) is 133 Å². The van der Waals surface area contributed by atoms with Gasteiger partial charge in [-0.3, -0.25) is 38.6 Å². The molecular weight excluding hydrogens is 596 g/mol. The summed E-state index contributed by atoms with van der Waals surface area (Å²) in [7, 11) is 0. The van der Waals surface area contributed by atoms with Gasteiger partial charge in [-0.2, -0.15) is 0 Å². The SMILES string of the molecule is C[C@@H](CNC(=O)[C@H](Cc1ccccc1)N1C(=O)c2ccccc2C1=O)NC(=O)[C@@H](Cc1ccccc1)N1C(=O)c2ccccc2C1=O. The van der Waals surface area contributed by atoms with Crippen LogP contribution in [-0.4, -0.2) is 69.9 Å². The number of hydrogen-bond acceptors (Lipinski definition) is 6. The van der Waals surface area contributed by atoms with Gasteiger partial charge in [-0.05, 0) is 42.3 Å². The van der Waals surface area contributed by atoms with Gasteiger partial charge in [0.2, 0.25) is 11.8 Å². The summed E-state index contributed by atoms with van der Waals surface area (Å²) in [6.07, 6.45) is 0.188. The first kappa shape index (κ1) is 31.1. The molecule has 3 atom stereocenters. The molecule has 0 saturated carbocycles. The normalized spacial score (nSPS) is 15.6. The Morgan fingerprint density at radius 1 is 0.532 bits per heavy atom. The van der Waals surface area contributed by atoms with E-state index in [9.17, 15) is 28.8 Å². The quantitative estimate of drug-likeness (QED) is 0.245. The van der Waals surface area contributed by atoms with E-state index >= 15 is 0 Å².